The van der Waals surface area contributed by atoms with Crippen LogP contribution in [0.4, 0.5) is 18.9 Å². The number of halogens is 5. The number of methoxy groups -OCH3 is 2. The highest BCUT2D eigenvalue weighted by Crippen LogP contribution is 2.58. The van der Waals surface area contributed by atoms with Crippen molar-refractivity contribution in [3.05, 3.63) is 81.1 Å². The van der Waals surface area contributed by atoms with Gasteiger partial charge in [-0.2, -0.15) is 13.2 Å². The van der Waals surface area contributed by atoms with Crippen LogP contribution in [-0.4, -0.2) is 56.2 Å². The third-order valence-electron chi connectivity index (χ3n) is 11.5. The van der Waals surface area contributed by atoms with Gasteiger partial charge in [0.05, 0.1) is 18.7 Å². The quantitative estimate of drug-likeness (QED) is 0.142. The van der Waals surface area contributed by atoms with Crippen LogP contribution in [0.2, 0.25) is 10.0 Å². The molecular formula is C40H45Cl2F3N2O6. The average Bonchev–Trinajstić information content (AvgIpc) is 3.40. The molecule has 3 aliphatic carbocycles. The Morgan fingerprint density at radius 1 is 1.04 bits per heavy atom. The number of amides is 1. The van der Waals surface area contributed by atoms with E-state index in [1.165, 1.54) is 36.9 Å². The van der Waals surface area contributed by atoms with Crippen LogP contribution in [-0.2, 0) is 37.3 Å². The van der Waals surface area contributed by atoms with Gasteiger partial charge in [-0.1, -0.05) is 43.1 Å². The fourth-order valence-corrected chi connectivity index (χ4v) is 9.53. The number of hydrogen-bond acceptors (Lipinski definition) is 7. The highest BCUT2D eigenvalue weighted by molar-refractivity contribution is 6.32. The first kappa shape index (κ1) is 39.2. The van der Waals surface area contributed by atoms with Gasteiger partial charge in [0, 0.05) is 35.3 Å². The molecule has 0 N–H and O–H groups in total. The molecule has 1 saturated carbocycles. The summed E-state index contributed by atoms with van der Waals surface area (Å²) in [6.07, 6.45) is 1.44. The van der Waals surface area contributed by atoms with Gasteiger partial charge in [-0.25, -0.2) is 4.79 Å². The van der Waals surface area contributed by atoms with E-state index < -0.39 is 29.0 Å². The molecule has 1 aromatic heterocycles. The second kappa shape index (κ2) is 15.7. The summed E-state index contributed by atoms with van der Waals surface area (Å²) in [5.41, 5.74) is 1.59. The molecule has 1 spiro atoms. The van der Waals surface area contributed by atoms with Gasteiger partial charge in [0.25, 0.3) is 0 Å². The molecule has 0 saturated heterocycles. The molecule has 13 heteroatoms. The Labute approximate surface area is 318 Å². The molecule has 3 atom stereocenters. The largest absolute Gasteiger partial charge is 0.493 e. The van der Waals surface area contributed by atoms with Gasteiger partial charge < -0.3 is 18.9 Å². The van der Waals surface area contributed by atoms with Crippen molar-refractivity contribution in [3.63, 3.8) is 0 Å². The number of pyridine rings is 1. The number of alkyl halides is 3. The van der Waals surface area contributed by atoms with E-state index in [9.17, 15) is 22.8 Å². The lowest BCUT2D eigenvalue weighted by atomic mass is 9.59. The minimum atomic E-state index is -5.27. The van der Waals surface area contributed by atoms with Crippen molar-refractivity contribution in [2.75, 3.05) is 32.5 Å². The number of anilines is 1. The van der Waals surface area contributed by atoms with Gasteiger partial charge in [0.1, 0.15) is 17.0 Å². The molecule has 2 aromatic carbocycles. The van der Waals surface area contributed by atoms with Crippen LogP contribution in [0.25, 0.3) is 0 Å². The molecule has 0 aliphatic heterocycles. The van der Waals surface area contributed by atoms with Crippen molar-refractivity contribution in [1.82, 2.24) is 4.98 Å². The highest BCUT2D eigenvalue weighted by Gasteiger charge is 2.60. The Morgan fingerprint density at radius 2 is 1.79 bits per heavy atom. The smallest absolute Gasteiger partial charge is 0.471 e. The summed E-state index contributed by atoms with van der Waals surface area (Å²) in [5.74, 6) is -1.32. The summed E-state index contributed by atoms with van der Waals surface area (Å²) >= 11 is 12.9. The van der Waals surface area contributed by atoms with E-state index in [4.69, 9.17) is 42.1 Å². The van der Waals surface area contributed by atoms with Crippen molar-refractivity contribution in [2.45, 2.75) is 94.7 Å². The lowest BCUT2D eigenvalue weighted by molar-refractivity contribution is -0.174. The van der Waals surface area contributed by atoms with E-state index in [1.54, 1.807) is 6.20 Å². The first-order chi connectivity index (χ1) is 25.2. The number of ether oxygens (including phenoxy) is 4. The van der Waals surface area contributed by atoms with Crippen LogP contribution in [0.15, 0.2) is 48.7 Å². The first-order valence-corrected chi connectivity index (χ1v) is 18.8. The fraction of sp³-hybridized carbons (Fsp3) is 0.525. The number of esters is 1. The number of hydrogen-bond donors (Lipinski definition) is 0. The topological polar surface area (TPSA) is 87.2 Å². The monoisotopic (exact) mass is 776 g/mol. The molecule has 6 rings (SSSR count). The van der Waals surface area contributed by atoms with Crippen molar-refractivity contribution >= 4 is 40.8 Å². The van der Waals surface area contributed by atoms with E-state index in [2.05, 4.69) is 18.8 Å². The first-order valence-electron chi connectivity index (χ1n) is 18.0. The van der Waals surface area contributed by atoms with E-state index in [0.717, 1.165) is 55.4 Å². The third kappa shape index (κ3) is 7.58. The van der Waals surface area contributed by atoms with Crippen molar-refractivity contribution in [2.24, 2.45) is 11.8 Å². The molecule has 0 bridgehead atoms. The molecule has 0 unspecified atom stereocenters. The highest BCUT2D eigenvalue weighted by atomic mass is 35.5. The number of benzene rings is 2. The number of fused-ring (bicyclic) bond motifs is 3. The van der Waals surface area contributed by atoms with Crippen LogP contribution in [0.1, 0.15) is 87.1 Å². The lowest BCUT2D eigenvalue weighted by Crippen LogP contribution is -2.63. The minimum Gasteiger partial charge on any atom is -0.493 e. The van der Waals surface area contributed by atoms with Crippen LogP contribution in [0.5, 0.6) is 11.5 Å². The number of carbonyl (C=O) groups excluding carboxylic acids is 2. The summed E-state index contributed by atoms with van der Waals surface area (Å²) in [4.78, 5) is 32.3. The van der Waals surface area contributed by atoms with E-state index in [-0.39, 0.29) is 55.0 Å². The fourth-order valence-electron chi connectivity index (χ4n) is 9.10. The molecule has 3 aliphatic rings. The number of aromatic nitrogens is 1. The molecule has 286 valence electrons. The maximum absolute atomic E-state index is 14.3. The lowest BCUT2D eigenvalue weighted by Gasteiger charge is -2.51. The zero-order chi connectivity index (χ0) is 38.1. The Bertz CT molecular complexity index is 1830. The van der Waals surface area contributed by atoms with Crippen molar-refractivity contribution in [3.8, 4) is 11.5 Å². The maximum Gasteiger partial charge on any atom is 0.471 e. The van der Waals surface area contributed by atoms with Crippen LogP contribution in [0.3, 0.4) is 0 Å². The second-order valence-electron chi connectivity index (χ2n) is 14.8. The van der Waals surface area contributed by atoms with Crippen molar-refractivity contribution < 1.29 is 41.7 Å². The molecule has 8 nitrogen and oxygen atoms in total. The number of aryl methyl sites for hydroxylation is 1. The van der Waals surface area contributed by atoms with Crippen LogP contribution in [0, 0.1) is 11.8 Å². The summed E-state index contributed by atoms with van der Waals surface area (Å²) in [7, 11) is 2.63. The normalized spacial score (nSPS) is 24.2. The zero-order valence-electron chi connectivity index (χ0n) is 30.4. The Morgan fingerprint density at radius 3 is 2.47 bits per heavy atom. The molecule has 3 aromatic rings. The summed E-state index contributed by atoms with van der Waals surface area (Å²) < 4.78 is 65.7. The minimum absolute atomic E-state index is 0.0173. The van der Waals surface area contributed by atoms with Gasteiger partial charge in [0.2, 0.25) is 0 Å². The number of nitrogens with zero attached hydrogens (tertiary/aromatic N) is 2. The molecule has 1 fully saturated rings. The van der Waals surface area contributed by atoms with Gasteiger partial charge >= 0.3 is 18.1 Å². The standard InChI is InChI=1S/C40H45Cl2F3N2O6/c1-24(22-52-33-11-16-46-32-10-5-7-25(2)35(32)33)17-27-18-26-19-31(42)34(53-23-50-3)21-30(26)38(27)12-14-39(15-13-38,37(49)51-4)47(36(48)40(43,44)45)29-9-6-8-28(41)20-29/h6,8-9,11,16,19-21,24-25,27H,5,7,10,12-15,17-18,22-23H2,1-4H3/t24-,25-,27+,38?,39?/m1/s1. The van der Waals surface area contributed by atoms with Gasteiger partial charge in [-0.3, -0.25) is 14.7 Å². The molecule has 1 amide bonds. The average molecular weight is 778 g/mol. The van der Waals surface area contributed by atoms with Gasteiger partial charge in [-0.15, -0.1) is 0 Å². The molecule has 0 radical (unpaired) electrons. The Hall–Kier alpha value is -3.54. The van der Waals surface area contributed by atoms with Crippen molar-refractivity contribution in [1.29, 1.82) is 0 Å². The number of rotatable bonds is 11. The summed E-state index contributed by atoms with van der Waals surface area (Å²) in [6.45, 7) is 4.78. The zero-order valence-corrected chi connectivity index (χ0v) is 31.9. The third-order valence-corrected chi connectivity index (χ3v) is 12.1. The van der Waals surface area contributed by atoms with Gasteiger partial charge in [-0.05, 0) is 128 Å². The Kier molecular flexibility index (Phi) is 11.6. The SMILES string of the molecule is COCOc1cc2c(cc1Cl)C[C@H](C[C@@H](C)COc1ccnc3c1[C@H](C)CCC3)C21CCC(C(=O)OC)(N(C(=O)C(F)(F)F)c2cccc(Cl)c2)CC1. The predicted octanol–water partition coefficient (Wildman–Crippen LogP) is 9.41. The molecule has 1 heterocycles. The van der Waals surface area contributed by atoms with E-state index >= 15 is 0 Å². The Balaban J connectivity index is 1.35. The molecule has 53 heavy (non-hydrogen) atoms. The summed E-state index contributed by atoms with van der Waals surface area (Å²) in [6, 6.07) is 11.3. The number of carbonyl (C=O) groups is 2. The van der Waals surface area contributed by atoms with Gasteiger partial charge in [0.15, 0.2) is 6.79 Å². The predicted molar refractivity (Wildman–Crippen MR) is 196 cm³/mol. The summed E-state index contributed by atoms with van der Waals surface area (Å²) in [5, 5.41) is 0.546. The maximum atomic E-state index is 14.3. The molecular weight excluding hydrogens is 732 g/mol. The van der Waals surface area contributed by atoms with Crippen LogP contribution < -0.4 is 14.4 Å². The van der Waals surface area contributed by atoms with E-state index in [1.807, 2.05) is 18.2 Å². The second-order valence-corrected chi connectivity index (χ2v) is 15.6. The van der Waals surface area contributed by atoms with Crippen LogP contribution >= 0.6 is 23.2 Å². The van der Waals surface area contributed by atoms with E-state index in [0.29, 0.717) is 34.6 Å².